The molecular weight excluding hydrogens is 488 g/mol. The molecule has 8 heteroatoms. The van der Waals surface area contributed by atoms with Gasteiger partial charge in [-0.25, -0.2) is 9.79 Å². The van der Waals surface area contributed by atoms with Gasteiger partial charge in [-0.1, -0.05) is 72.0 Å². The molecular formula is C29H24N2O5S. The van der Waals surface area contributed by atoms with E-state index in [4.69, 9.17) is 14.5 Å². The Morgan fingerprint density at radius 2 is 1.84 bits per heavy atom. The van der Waals surface area contributed by atoms with Crippen molar-refractivity contribution in [3.05, 3.63) is 121 Å². The number of aromatic nitrogens is 1. The molecule has 186 valence electrons. The number of hydrogen-bond donors (Lipinski definition) is 1. The number of aromatic hydroxyl groups is 1. The van der Waals surface area contributed by atoms with Gasteiger partial charge in [-0.15, -0.1) is 0 Å². The molecule has 0 aliphatic carbocycles. The van der Waals surface area contributed by atoms with Gasteiger partial charge in [-0.3, -0.25) is 9.36 Å². The summed E-state index contributed by atoms with van der Waals surface area (Å²) in [5, 5.41) is 10.3. The Bertz CT molecular complexity index is 1690. The first-order valence-electron chi connectivity index (χ1n) is 11.7. The first-order valence-corrected chi connectivity index (χ1v) is 12.5. The Balaban J connectivity index is 1.85. The summed E-state index contributed by atoms with van der Waals surface area (Å²) in [6, 6.07) is 22.6. The Morgan fingerprint density at radius 3 is 2.57 bits per heavy atom. The maximum Gasteiger partial charge on any atom is 0.338 e. The third-order valence-corrected chi connectivity index (χ3v) is 6.99. The van der Waals surface area contributed by atoms with E-state index in [0.29, 0.717) is 31.9 Å². The van der Waals surface area contributed by atoms with Crippen LogP contribution in [0.25, 0.3) is 11.8 Å². The van der Waals surface area contributed by atoms with Crippen LogP contribution < -0.4 is 19.6 Å². The number of hydrogen-bond acceptors (Lipinski definition) is 7. The summed E-state index contributed by atoms with van der Waals surface area (Å²) in [6.07, 6.45) is 1.64. The number of nitrogens with zero attached hydrogens (tertiary/aromatic N) is 2. The van der Waals surface area contributed by atoms with Gasteiger partial charge < -0.3 is 14.6 Å². The fourth-order valence-electron chi connectivity index (χ4n) is 4.32. The number of fused-ring (bicyclic) bond motifs is 1. The molecule has 37 heavy (non-hydrogen) atoms. The second-order valence-corrected chi connectivity index (χ2v) is 9.28. The van der Waals surface area contributed by atoms with Crippen molar-refractivity contribution < 1.29 is 19.4 Å². The van der Waals surface area contributed by atoms with Crippen molar-refractivity contribution in [2.24, 2.45) is 4.99 Å². The normalized spacial score (nSPS) is 15.2. The number of benzene rings is 3. The minimum atomic E-state index is -0.799. The summed E-state index contributed by atoms with van der Waals surface area (Å²) in [4.78, 5) is 32.5. The van der Waals surface area contributed by atoms with Crippen molar-refractivity contribution in [3.8, 4) is 11.5 Å². The van der Waals surface area contributed by atoms with E-state index in [-0.39, 0.29) is 23.5 Å². The largest absolute Gasteiger partial charge is 0.507 e. The maximum absolute atomic E-state index is 13.8. The predicted molar refractivity (Wildman–Crippen MR) is 142 cm³/mol. The fraction of sp³-hybridized carbons (Fsp3) is 0.138. The Labute approximate surface area is 216 Å². The molecule has 1 atom stereocenters. The number of phenols is 1. The lowest BCUT2D eigenvalue weighted by Gasteiger charge is -2.26. The van der Waals surface area contributed by atoms with Crippen LogP contribution in [0.5, 0.6) is 11.5 Å². The zero-order valence-corrected chi connectivity index (χ0v) is 21.1. The third-order valence-electron chi connectivity index (χ3n) is 6.01. The van der Waals surface area contributed by atoms with E-state index >= 15 is 0 Å². The van der Waals surface area contributed by atoms with E-state index in [1.807, 2.05) is 42.5 Å². The molecule has 1 aliphatic rings. The lowest BCUT2D eigenvalue weighted by atomic mass is 9.93. The molecule has 5 rings (SSSR count). The number of esters is 1. The van der Waals surface area contributed by atoms with E-state index in [1.54, 1.807) is 56.5 Å². The molecule has 1 aliphatic heterocycles. The van der Waals surface area contributed by atoms with Crippen molar-refractivity contribution in [1.29, 1.82) is 0 Å². The van der Waals surface area contributed by atoms with E-state index in [0.717, 1.165) is 5.56 Å². The van der Waals surface area contributed by atoms with Gasteiger partial charge in [-0.05, 0) is 36.8 Å². The highest BCUT2D eigenvalue weighted by Gasteiger charge is 2.35. The van der Waals surface area contributed by atoms with Crippen LogP contribution in [0.1, 0.15) is 29.7 Å². The fourth-order valence-corrected chi connectivity index (χ4v) is 5.31. The summed E-state index contributed by atoms with van der Waals surface area (Å²) in [5.74, 6) is 0.109. The van der Waals surface area contributed by atoms with Crippen LogP contribution in [-0.2, 0) is 9.53 Å². The summed E-state index contributed by atoms with van der Waals surface area (Å²) in [7, 11) is 1.56. The summed E-state index contributed by atoms with van der Waals surface area (Å²) < 4.78 is 12.8. The average molecular weight is 513 g/mol. The first kappa shape index (κ1) is 24.3. The Morgan fingerprint density at radius 1 is 1.08 bits per heavy atom. The van der Waals surface area contributed by atoms with Gasteiger partial charge in [0.15, 0.2) is 4.80 Å². The molecule has 0 saturated heterocycles. The monoisotopic (exact) mass is 512 g/mol. The average Bonchev–Trinajstić information content (AvgIpc) is 3.24. The Hall–Kier alpha value is -4.43. The number of rotatable bonds is 6. The molecule has 0 spiro atoms. The summed E-state index contributed by atoms with van der Waals surface area (Å²) >= 11 is 1.20. The lowest BCUT2D eigenvalue weighted by Crippen LogP contribution is -2.40. The highest BCUT2D eigenvalue weighted by molar-refractivity contribution is 7.07. The van der Waals surface area contributed by atoms with Gasteiger partial charge in [0.1, 0.15) is 11.5 Å². The zero-order valence-electron chi connectivity index (χ0n) is 20.3. The molecule has 1 unspecified atom stereocenters. The van der Waals surface area contributed by atoms with Crippen LogP contribution in [-0.4, -0.2) is 29.4 Å². The van der Waals surface area contributed by atoms with Gasteiger partial charge >= 0.3 is 5.97 Å². The van der Waals surface area contributed by atoms with Gasteiger partial charge in [0, 0.05) is 11.1 Å². The van der Waals surface area contributed by atoms with E-state index < -0.39 is 12.0 Å². The number of para-hydroxylation sites is 1. The molecule has 0 bridgehead atoms. The molecule has 0 saturated carbocycles. The summed E-state index contributed by atoms with van der Waals surface area (Å²) in [5.41, 5.74) is 2.31. The number of carbonyl (C=O) groups excluding carboxylic acids is 1. The van der Waals surface area contributed by atoms with Crippen LogP contribution in [0, 0.1) is 0 Å². The second kappa shape index (κ2) is 10.3. The number of methoxy groups -OCH3 is 1. The van der Waals surface area contributed by atoms with E-state index in [2.05, 4.69) is 0 Å². The second-order valence-electron chi connectivity index (χ2n) is 8.27. The molecule has 3 aromatic carbocycles. The van der Waals surface area contributed by atoms with Crippen molar-refractivity contribution >= 4 is 29.1 Å². The predicted octanol–water partition coefficient (Wildman–Crippen LogP) is 3.65. The molecule has 0 fully saturated rings. The van der Waals surface area contributed by atoms with Gasteiger partial charge in [-0.2, -0.15) is 0 Å². The Kier molecular flexibility index (Phi) is 6.74. The van der Waals surface area contributed by atoms with Crippen molar-refractivity contribution in [2.75, 3.05) is 13.7 Å². The van der Waals surface area contributed by atoms with Crippen molar-refractivity contribution in [2.45, 2.75) is 13.0 Å². The third kappa shape index (κ3) is 4.59. The lowest BCUT2D eigenvalue weighted by molar-refractivity contribution is -0.138. The minimum Gasteiger partial charge on any atom is -0.507 e. The van der Waals surface area contributed by atoms with Crippen LogP contribution in [0.15, 0.2) is 94.2 Å². The number of phenolic OH excluding ortho intramolecular Hbond substituents is 1. The molecule has 4 aromatic rings. The molecule has 0 radical (unpaired) electrons. The SMILES string of the molecule is CCOC(=O)C1=C(c2ccccc2)N=c2s/c(=C\c3ccccc3O)c(=O)n2C1c1cccc(OC)c1. The highest BCUT2D eigenvalue weighted by atomic mass is 32.1. The quantitative estimate of drug-likeness (QED) is 0.399. The maximum atomic E-state index is 13.8. The first-order chi connectivity index (χ1) is 18.0. The molecule has 1 N–H and O–H groups in total. The van der Waals surface area contributed by atoms with Gasteiger partial charge in [0.25, 0.3) is 5.56 Å². The molecule has 1 aromatic heterocycles. The standard InChI is InChI=1S/C29H24N2O5S/c1-3-36-28(34)24-25(18-10-5-4-6-11-18)30-29-31(26(24)20-13-9-14-21(16-20)35-2)27(33)23(37-29)17-19-12-7-8-15-22(19)32/h4-17,26,32H,3H2,1-2H3/b23-17-. The molecule has 2 heterocycles. The van der Waals surface area contributed by atoms with Crippen LogP contribution in [0.3, 0.4) is 0 Å². The smallest absolute Gasteiger partial charge is 0.338 e. The van der Waals surface area contributed by atoms with Crippen molar-refractivity contribution in [1.82, 2.24) is 4.57 Å². The zero-order chi connectivity index (χ0) is 25.9. The van der Waals surface area contributed by atoms with Gasteiger partial charge in [0.2, 0.25) is 0 Å². The molecule has 0 amide bonds. The van der Waals surface area contributed by atoms with Crippen LogP contribution >= 0.6 is 11.3 Å². The number of thiazole rings is 1. The minimum absolute atomic E-state index is 0.0647. The van der Waals surface area contributed by atoms with E-state index in [9.17, 15) is 14.7 Å². The number of ether oxygens (including phenoxy) is 2. The highest BCUT2D eigenvalue weighted by Crippen LogP contribution is 2.36. The van der Waals surface area contributed by atoms with E-state index in [1.165, 1.54) is 15.9 Å². The van der Waals surface area contributed by atoms with Gasteiger partial charge in [0.05, 0.1) is 35.6 Å². The van der Waals surface area contributed by atoms with Crippen LogP contribution in [0.2, 0.25) is 0 Å². The topological polar surface area (TPSA) is 90.1 Å². The summed E-state index contributed by atoms with van der Waals surface area (Å²) in [6.45, 7) is 1.91. The van der Waals surface area contributed by atoms with Crippen molar-refractivity contribution in [3.63, 3.8) is 0 Å². The van der Waals surface area contributed by atoms with Crippen LogP contribution in [0.4, 0.5) is 0 Å². The number of carbonyl (C=O) groups is 1. The molecule has 7 nitrogen and oxygen atoms in total.